The molecule has 0 radical (unpaired) electrons. The van der Waals surface area contributed by atoms with Crippen molar-refractivity contribution in [2.24, 2.45) is 0 Å². The maximum absolute atomic E-state index is 12.2. The molecule has 2 rings (SSSR count). The highest BCUT2D eigenvalue weighted by Crippen LogP contribution is 2.31. The van der Waals surface area contributed by atoms with Crippen LogP contribution >= 0.6 is 11.8 Å². The fourth-order valence-corrected chi connectivity index (χ4v) is 3.44. The maximum atomic E-state index is 12.2. The minimum Gasteiger partial charge on any atom is -0.381 e. The summed E-state index contributed by atoms with van der Waals surface area (Å²) in [6.07, 6.45) is 1.51. The van der Waals surface area contributed by atoms with Gasteiger partial charge in [-0.25, -0.2) is 4.79 Å². The van der Waals surface area contributed by atoms with Gasteiger partial charge in [0.15, 0.2) is 0 Å². The number of hydrogen-bond acceptors (Lipinski definition) is 6. The first-order chi connectivity index (χ1) is 10.1. The van der Waals surface area contributed by atoms with Gasteiger partial charge in [0.05, 0.1) is 6.61 Å². The van der Waals surface area contributed by atoms with Crippen LogP contribution in [0.5, 0.6) is 0 Å². The third-order valence-electron chi connectivity index (χ3n) is 3.42. The van der Waals surface area contributed by atoms with Gasteiger partial charge in [0.25, 0.3) is 0 Å². The summed E-state index contributed by atoms with van der Waals surface area (Å²) < 4.78 is 12.4. The van der Waals surface area contributed by atoms with Crippen LogP contribution in [-0.4, -0.2) is 47.0 Å². The van der Waals surface area contributed by atoms with Crippen LogP contribution in [0, 0.1) is 0 Å². The van der Waals surface area contributed by atoms with Crippen LogP contribution in [-0.2, 0) is 9.47 Å². The number of anilines is 1. The van der Waals surface area contributed by atoms with Gasteiger partial charge >= 0.3 is 5.69 Å². The highest BCUT2D eigenvalue weighted by atomic mass is 32.2. The van der Waals surface area contributed by atoms with Gasteiger partial charge in [0, 0.05) is 31.6 Å². The predicted molar refractivity (Wildman–Crippen MR) is 84.9 cm³/mol. The monoisotopic (exact) mass is 313 g/mol. The summed E-state index contributed by atoms with van der Waals surface area (Å²) in [7, 11) is 1.64. The van der Waals surface area contributed by atoms with Gasteiger partial charge in [-0.15, -0.1) is 11.8 Å². The molecule has 1 fully saturated rings. The standard InChI is InChI=1S/C14H23N3O3S/c1-5-16(10(2)3)11-6-7-17(14(18)15-11)12-9-21-13(20-12)8-19-4/h6-7,10,12-13H,5,8-9H2,1-4H3/t12-,13?/m0/s1. The second-order valence-electron chi connectivity index (χ2n) is 5.16. The second kappa shape index (κ2) is 7.29. The van der Waals surface area contributed by atoms with Gasteiger partial charge in [-0.3, -0.25) is 4.57 Å². The Bertz CT molecular complexity index is 520. The number of methoxy groups -OCH3 is 1. The Morgan fingerprint density at radius 1 is 1.62 bits per heavy atom. The van der Waals surface area contributed by atoms with Crippen LogP contribution in [0.15, 0.2) is 17.1 Å². The van der Waals surface area contributed by atoms with Gasteiger partial charge in [-0.2, -0.15) is 4.98 Å². The molecule has 2 atom stereocenters. The van der Waals surface area contributed by atoms with Gasteiger partial charge in [0.1, 0.15) is 17.5 Å². The zero-order valence-electron chi connectivity index (χ0n) is 13.0. The first-order valence-electron chi connectivity index (χ1n) is 7.18. The molecule has 6 nitrogen and oxygen atoms in total. The van der Waals surface area contributed by atoms with Crippen molar-refractivity contribution in [3.05, 3.63) is 22.7 Å². The molecule has 1 aliphatic heterocycles. The fourth-order valence-electron chi connectivity index (χ4n) is 2.39. The smallest absolute Gasteiger partial charge is 0.351 e. The van der Waals surface area contributed by atoms with Gasteiger partial charge in [-0.05, 0) is 26.8 Å². The molecule has 0 spiro atoms. The Balaban J connectivity index is 2.15. The lowest BCUT2D eigenvalue weighted by Crippen LogP contribution is -2.35. The molecule has 1 unspecified atom stereocenters. The average molecular weight is 313 g/mol. The fraction of sp³-hybridized carbons (Fsp3) is 0.714. The van der Waals surface area contributed by atoms with E-state index in [1.807, 2.05) is 6.07 Å². The Morgan fingerprint density at radius 3 is 2.95 bits per heavy atom. The normalized spacial score (nSPS) is 22.0. The molecule has 21 heavy (non-hydrogen) atoms. The molecule has 0 aliphatic carbocycles. The number of hydrogen-bond donors (Lipinski definition) is 0. The lowest BCUT2D eigenvalue weighted by Gasteiger charge is -2.26. The van der Waals surface area contributed by atoms with E-state index in [9.17, 15) is 4.79 Å². The summed E-state index contributed by atoms with van der Waals surface area (Å²) in [5, 5.41) is 0. The summed E-state index contributed by atoms with van der Waals surface area (Å²) in [4.78, 5) is 18.5. The van der Waals surface area contributed by atoms with Crippen LogP contribution in [0.2, 0.25) is 0 Å². The minimum atomic E-state index is -0.268. The summed E-state index contributed by atoms with van der Waals surface area (Å²) in [5.74, 6) is 1.45. The van der Waals surface area contributed by atoms with E-state index >= 15 is 0 Å². The Kier molecular flexibility index (Phi) is 5.66. The summed E-state index contributed by atoms with van der Waals surface area (Å²) in [5.41, 5.74) is -0.287. The van der Waals surface area contributed by atoms with Crippen molar-refractivity contribution < 1.29 is 9.47 Å². The Hall–Kier alpha value is -1.05. The molecule has 1 aliphatic rings. The summed E-state index contributed by atoms with van der Waals surface area (Å²) in [6, 6.07) is 2.19. The third kappa shape index (κ3) is 3.78. The second-order valence-corrected chi connectivity index (χ2v) is 6.36. The zero-order chi connectivity index (χ0) is 15.4. The minimum absolute atomic E-state index is 0.0191. The highest BCUT2D eigenvalue weighted by molar-refractivity contribution is 8.00. The van der Waals surface area contributed by atoms with Crippen molar-refractivity contribution >= 4 is 17.6 Å². The van der Waals surface area contributed by atoms with Crippen LogP contribution in [0.4, 0.5) is 5.82 Å². The van der Waals surface area contributed by atoms with E-state index in [-0.39, 0.29) is 17.4 Å². The van der Waals surface area contributed by atoms with E-state index in [0.717, 1.165) is 12.3 Å². The van der Waals surface area contributed by atoms with Crippen molar-refractivity contribution in [3.63, 3.8) is 0 Å². The molecule has 0 bridgehead atoms. The van der Waals surface area contributed by atoms with Crippen molar-refractivity contribution in [1.29, 1.82) is 0 Å². The van der Waals surface area contributed by atoms with Crippen LogP contribution in [0.25, 0.3) is 0 Å². The zero-order valence-corrected chi connectivity index (χ0v) is 13.8. The molecule has 1 aromatic heterocycles. The third-order valence-corrected chi connectivity index (χ3v) is 4.52. The highest BCUT2D eigenvalue weighted by Gasteiger charge is 2.28. The molecule has 1 aromatic rings. The SMILES string of the molecule is CCN(c1ccn([C@@H]2CSC(COC)O2)c(=O)n1)C(C)C. The van der Waals surface area contributed by atoms with E-state index in [1.54, 1.807) is 29.6 Å². The molecule has 0 N–H and O–H groups in total. The largest absolute Gasteiger partial charge is 0.381 e. The van der Waals surface area contributed by atoms with Crippen molar-refractivity contribution in [3.8, 4) is 0 Å². The summed E-state index contributed by atoms with van der Waals surface area (Å²) in [6.45, 7) is 7.57. The van der Waals surface area contributed by atoms with Crippen molar-refractivity contribution in [1.82, 2.24) is 9.55 Å². The Morgan fingerprint density at radius 2 is 2.38 bits per heavy atom. The molecule has 2 heterocycles. The summed E-state index contributed by atoms with van der Waals surface area (Å²) >= 11 is 1.65. The molecule has 1 saturated heterocycles. The molecular formula is C14H23N3O3S. The first-order valence-corrected chi connectivity index (χ1v) is 8.23. The number of ether oxygens (including phenoxy) is 2. The van der Waals surface area contributed by atoms with E-state index in [0.29, 0.717) is 18.5 Å². The lowest BCUT2D eigenvalue weighted by molar-refractivity contribution is -0.0152. The van der Waals surface area contributed by atoms with E-state index in [2.05, 4.69) is 30.7 Å². The molecular weight excluding hydrogens is 290 g/mol. The average Bonchev–Trinajstić information content (AvgIpc) is 2.88. The van der Waals surface area contributed by atoms with Crippen molar-refractivity contribution in [2.45, 2.75) is 38.5 Å². The number of nitrogens with zero attached hydrogens (tertiary/aromatic N) is 3. The topological polar surface area (TPSA) is 56.6 Å². The van der Waals surface area contributed by atoms with E-state index in [4.69, 9.17) is 9.47 Å². The lowest BCUT2D eigenvalue weighted by atomic mass is 10.3. The van der Waals surface area contributed by atoms with Crippen molar-refractivity contribution in [2.75, 3.05) is 30.9 Å². The molecule has 0 amide bonds. The van der Waals surface area contributed by atoms with Gasteiger partial charge in [0.2, 0.25) is 0 Å². The molecule has 0 aromatic carbocycles. The number of rotatable bonds is 6. The molecule has 0 saturated carbocycles. The number of thioether (sulfide) groups is 1. The van der Waals surface area contributed by atoms with Gasteiger partial charge in [-0.1, -0.05) is 0 Å². The van der Waals surface area contributed by atoms with Gasteiger partial charge < -0.3 is 14.4 Å². The van der Waals surface area contributed by atoms with E-state index in [1.165, 1.54) is 0 Å². The number of aromatic nitrogens is 2. The molecule has 118 valence electrons. The quantitative estimate of drug-likeness (QED) is 0.797. The van der Waals surface area contributed by atoms with Crippen LogP contribution in [0.3, 0.4) is 0 Å². The Labute approximate surface area is 129 Å². The van der Waals surface area contributed by atoms with E-state index < -0.39 is 0 Å². The predicted octanol–water partition coefficient (Wildman–Crippen LogP) is 1.71. The van der Waals surface area contributed by atoms with Crippen LogP contribution in [0.1, 0.15) is 27.0 Å². The maximum Gasteiger partial charge on any atom is 0.351 e. The molecule has 7 heteroatoms. The first kappa shape index (κ1) is 16.3. The van der Waals surface area contributed by atoms with Crippen LogP contribution < -0.4 is 10.6 Å².